The molecular weight excluding hydrogens is 1010 g/mol. The van der Waals surface area contributed by atoms with E-state index in [0.717, 1.165) is 64.2 Å². The molecule has 0 spiro atoms. The van der Waals surface area contributed by atoms with Crippen LogP contribution in [-0.2, 0) is 28.6 Å². The van der Waals surface area contributed by atoms with Gasteiger partial charge in [0.25, 0.3) is 0 Å². The molecule has 0 saturated heterocycles. The number of hydrogen-bond acceptors (Lipinski definition) is 6. The molecule has 0 amide bonds. The van der Waals surface area contributed by atoms with E-state index in [1.54, 1.807) is 0 Å². The minimum Gasteiger partial charge on any atom is -0.462 e. The van der Waals surface area contributed by atoms with E-state index in [4.69, 9.17) is 14.2 Å². The quantitative estimate of drug-likeness (QED) is 0.0261. The second-order valence-corrected chi connectivity index (χ2v) is 25.6. The molecule has 0 aromatic rings. The first kappa shape index (κ1) is 79.9. The first-order valence-electron chi connectivity index (χ1n) is 37.3. The van der Waals surface area contributed by atoms with Crippen molar-refractivity contribution in [3.63, 3.8) is 0 Å². The van der Waals surface area contributed by atoms with Crippen LogP contribution in [0.5, 0.6) is 0 Å². The molecule has 0 aliphatic carbocycles. The highest BCUT2D eigenvalue weighted by Gasteiger charge is 2.20. The third kappa shape index (κ3) is 68.7. The maximum atomic E-state index is 12.9. The van der Waals surface area contributed by atoms with Crippen molar-refractivity contribution in [2.75, 3.05) is 13.2 Å². The Balaban J connectivity index is 3.91. The van der Waals surface area contributed by atoms with Gasteiger partial charge in [0.15, 0.2) is 6.10 Å². The fourth-order valence-corrected chi connectivity index (χ4v) is 11.6. The Labute approximate surface area is 513 Å². The van der Waals surface area contributed by atoms with Crippen molar-refractivity contribution in [1.82, 2.24) is 0 Å². The molecule has 0 saturated carbocycles. The average Bonchev–Trinajstić information content (AvgIpc) is 3.47. The summed E-state index contributed by atoms with van der Waals surface area (Å²) in [5.41, 5.74) is 0. The number of ether oxygens (including phenoxy) is 3. The minimum atomic E-state index is -0.764. The number of rotatable bonds is 70. The molecule has 484 valence electrons. The molecule has 1 atom stereocenters. The molecule has 0 bridgehead atoms. The summed E-state index contributed by atoms with van der Waals surface area (Å²) in [6, 6.07) is 0. The molecule has 0 aromatic heterocycles. The molecule has 0 aromatic carbocycles. The lowest BCUT2D eigenvalue weighted by Crippen LogP contribution is -2.30. The standard InChI is InChI=1S/C76H144O6/c1-4-7-10-13-16-18-20-22-24-26-28-30-32-34-35-36-37-38-39-40-41-43-44-46-48-50-52-54-56-58-60-63-66-69-75(78)81-72-73(71-80-74(77)68-65-62-15-12-9-6-3)82-76(79)70-67-64-61-59-57-55-53-51-49-47-45-42-33-31-29-27-25-23-21-19-17-14-11-8-5-2/h20,22,26,28,73H,4-19,21,23-25,27,29-72H2,1-3H3/b22-20-,28-26-. The van der Waals surface area contributed by atoms with Gasteiger partial charge in [-0.1, -0.05) is 379 Å². The molecule has 0 N–H and O–H groups in total. The molecule has 0 rings (SSSR count). The van der Waals surface area contributed by atoms with Gasteiger partial charge in [0.05, 0.1) is 0 Å². The number of hydrogen-bond donors (Lipinski definition) is 0. The van der Waals surface area contributed by atoms with Crippen LogP contribution >= 0.6 is 0 Å². The first-order valence-corrected chi connectivity index (χ1v) is 37.3. The summed E-state index contributed by atoms with van der Waals surface area (Å²) in [4.78, 5) is 38.1. The minimum absolute atomic E-state index is 0.0639. The van der Waals surface area contributed by atoms with Crippen molar-refractivity contribution >= 4 is 17.9 Å². The molecule has 6 heteroatoms. The maximum Gasteiger partial charge on any atom is 0.306 e. The third-order valence-electron chi connectivity index (χ3n) is 17.2. The number of esters is 3. The lowest BCUT2D eigenvalue weighted by Gasteiger charge is -2.18. The van der Waals surface area contributed by atoms with Crippen molar-refractivity contribution < 1.29 is 28.6 Å². The molecule has 0 aliphatic heterocycles. The van der Waals surface area contributed by atoms with Crippen LogP contribution in [0.3, 0.4) is 0 Å². The second kappa shape index (κ2) is 71.4. The summed E-state index contributed by atoms with van der Waals surface area (Å²) in [5, 5.41) is 0. The number of unbranched alkanes of at least 4 members (excludes halogenated alkanes) is 55. The van der Waals surface area contributed by atoms with Gasteiger partial charge >= 0.3 is 17.9 Å². The Morgan fingerprint density at radius 1 is 0.244 bits per heavy atom. The first-order chi connectivity index (χ1) is 40.5. The molecule has 82 heavy (non-hydrogen) atoms. The topological polar surface area (TPSA) is 78.9 Å². The van der Waals surface area contributed by atoms with Gasteiger partial charge in [-0.05, 0) is 51.4 Å². The molecule has 0 fully saturated rings. The predicted octanol–water partition coefficient (Wildman–Crippen LogP) is 25.7. The zero-order valence-corrected chi connectivity index (χ0v) is 55.8. The van der Waals surface area contributed by atoms with Crippen LogP contribution in [0, 0.1) is 0 Å². The summed E-state index contributed by atoms with van der Waals surface area (Å²) in [5.74, 6) is -0.841. The van der Waals surface area contributed by atoms with Crippen molar-refractivity contribution in [2.24, 2.45) is 0 Å². The lowest BCUT2D eigenvalue weighted by molar-refractivity contribution is -0.167. The summed E-state index contributed by atoms with van der Waals surface area (Å²) in [6.45, 7) is 6.65. The monoisotopic (exact) mass is 1150 g/mol. The van der Waals surface area contributed by atoms with E-state index >= 15 is 0 Å². The Hall–Kier alpha value is -2.11. The van der Waals surface area contributed by atoms with Crippen LogP contribution in [0.1, 0.15) is 425 Å². The molecule has 0 aliphatic rings. The van der Waals surface area contributed by atoms with Crippen LogP contribution in [0.15, 0.2) is 24.3 Å². The molecule has 0 radical (unpaired) electrons. The summed E-state index contributed by atoms with van der Waals surface area (Å²) in [6.07, 6.45) is 88.5. The van der Waals surface area contributed by atoms with Gasteiger partial charge in [0, 0.05) is 19.3 Å². The Morgan fingerprint density at radius 3 is 0.671 bits per heavy atom. The van der Waals surface area contributed by atoms with Gasteiger partial charge in [-0.25, -0.2) is 0 Å². The Morgan fingerprint density at radius 2 is 0.439 bits per heavy atom. The fraction of sp³-hybridized carbons (Fsp3) is 0.908. The zero-order valence-electron chi connectivity index (χ0n) is 55.8. The van der Waals surface area contributed by atoms with Gasteiger partial charge in [-0.2, -0.15) is 0 Å². The highest BCUT2D eigenvalue weighted by atomic mass is 16.6. The van der Waals surface area contributed by atoms with Crippen molar-refractivity contribution in [2.45, 2.75) is 431 Å². The van der Waals surface area contributed by atoms with E-state index in [1.165, 1.54) is 321 Å². The molecular formula is C76H144O6. The van der Waals surface area contributed by atoms with Crippen LogP contribution < -0.4 is 0 Å². The van der Waals surface area contributed by atoms with Crippen LogP contribution in [-0.4, -0.2) is 37.2 Å². The average molecular weight is 1150 g/mol. The highest BCUT2D eigenvalue weighted by Crippen LogP contribution is 2.19. The third-order valence-corrected chi connectivity index (χ3v) is 17.2. The number of carbonyl (C=O) groups excluding carboxylic acids is 3. The van der Waals surface area contributed by atoms with Gasteiger partial charge in [-0.3, -0.25) is 14.4 Å². The molecule has 6 nitrogen and oxygen atoms in total. The summed E-state index contributed by atoms with van der Waals surface area (Å²) < 4.78 is 16.9. The van der Waals surface area contributed by atoms with E-state index in [0.29, 0.717) is 19.3 Å². The van der Waals surface area contributed by atoms with Gasteiger partial charge in [0.2, 0.25) is 0 Å². The lowest BCUT2D eigenvalue weighted by atomic mass is 10.0. The fourth-order valence-electron chi connectivity index (χ4n) is 11.6. The van der Waals surface area contributed by atoms with Crippen molar-refractivity contribution in [3.05, 3.63) is 24.3 Å². The Bertz CT molecular complexity index is 1320. The smallest absolute Gasteiger partial charge is 0.306 e. The van der Waals surface area contributed by atoms with Crippen LogP contribution in [0.4, 0.5) is 0 Å². The van der Waals surface area contributed by atoms with E-state index < -0.39 is 6.10 Å². The zero-order chi connectivity index (χ0) is 59.2. The Kier molecular flexibility index (Phi) is 69.5. The molecule has 0 heterocycles. The van der Waals surface area contributed by atoms with Gasteiger partial charge in [-0.15, -0.1) is 0 Å². The van der Waals surface area contributed by atoms with E-state index in [1.807, 2.05) is 0 Å². The van der Waals surface area contributed by atoms with Crippen molar-refractivity contribution in [3.8, 4) is 0 Å². The molecule has 1 unspecified atom stereocenters. The van der Waals surface area contributed by atoms with Gasteiger partial charge < -0.3 is 14.2 Å². The van der Waals surface area contributed by atoms with Crippen LogP contribution in [0.2, 0.25) is 0 Å². The summed E-state index contributed by atoms with van der Waals surface area (Å²) in [7, 11) is 0. The van der Waals surface area contributed by atoms with Crippen LogP contribution in [0.25, 0.3) is 0 Å². The normalized spacial score (nSPS) is 12.1. The van der Waals surface area contributed by atoms with E-state index in [-0.39, 0.29) is 31.1 Å². The summed E-state index contributed by atoms with van der Waals surface area (Å²) >= 11 is 0. The predicted molar refractivity (Wildman–Crippen MR) is 358 cm³/mol. The highest BCUT2D eigenvalue weighted by molar-refractivity contribution is 5.71. The second-order valence-electron chi connectivity index (χ2n) is 25.6. The maximum absolute atomic E-state index is 12.9. The number of allylic oxidation sites excluding steroid dienone is 4. The van der Waals surface area contributed by atoms with E-state index in [2.05, 4.69) is 45.1 Å². The largest absolute Gasteiger partial charge is 0.462 e. The SMILES string of the molecule is CCCCCCC/C=C\C/C=C\CCCCCCCCCCCCCCCCCCCCCCCC(=O)OCC(COC(=O)CCCCCCCC)OC(=O)CCCCCCCCCCCCCCCCCCCCCCCCCCC. The van der Waals surface area contributed by atoms with Crippen molar-refractivity contribution in [1.29, 1.82) is 0 Å². The van der Waals surface area contributed by atoms with Gasteiger partial charge in [0.1, 0.15) is 13.2 Å². The number of carbonyl (C=O) groups is 3. The van der Waals surface area contributed by atoms with E-state index in [9.17, 15) is 14.4 Å².